The summed E-state index contributed by atoms with van der Waals surface area (Å²) in [6.07, 6.45) is 7.52. The first-order chi connectivity index (χ1) is 14.6. The topological polar surface area (TPSA) is 115 Å². The van der Waals surface area contributed by atoms with Gasteiger partial charge in [-0.15, -0.1) is 0 Å². The molecule has 1 aliphatic rings. The average molecular weight is 398 g/mol. The molecule has 0 saturated heterocycles. The molecule has 7 heteroatoms. The van der Waals surface area contributed by atoms with Crippen LogP contribution in [0.3, 0.4) is 0 Å². The third kappa shape index (κ3) is 5.39. The number of carbonyl (C=O) groups is 1. The molecular formula is C23H22N6O. The van der Waals surface area contributed by atoms with Crippen LogP contribution in [0.5, 0.6) is 0 Å². The molecule has 2 aromatic rings. The number of ketones is 1. The molecule has 1 fully saturated rings. The van der Waals surface area contributed by atoms with Crippen LogP contribution in [0.2, 0.25) is 0 Å². The lowest BCUT2D eigenvalue weighted by Gasteiger charge is -2.25. The summed E-state index contributed by atoms with van der Waals surface area (Å²) in [5.41, 5.74) is 21.6. The highest BCUT2D eigenvalue weighted by Gasteiger charge is 2.27. The van der Waals surface area contributed by atoms with Crippen molar-refractivity contribution in [2.24, 2.45) is 16.1 Å². The minimum Gasteiger partial charge on any atom is -0.289 e. The van der Waals surface area contributed by atoms with Gasteiger partial charge in [0.25, 0.3) is 0 Å². The van der Waals surface area contributed by atoms with E-state index in [0.717, 1.165) is 48.0 Å². The number of hydrogen-bond donors (Lipinski definition) is 0. The summed E-state index contributed by atoms with van der Waals surface area (Å²) in [6.45, 7) is 2.16. The average Bonchev–Trinajstić information content (AvgIpc) is 2.75. The van der Waals surface area contributed by atoms with Crippen LogP contribution in [0.1, 0.15) is 43.7 Å². The molecule has 3 rings (SSSR count). The Balaban J connectivity index is 1.90. The highest BCUT2D eigenvalue weighted by Crippen LogP contribution is 2.35. The number of Topliss-reactive ketones (excluding diaryl/α,β-unsaturated/α-hetero) is 1. The van der Waals surface area contributed by atoms with Gasteiger partial charge in [-0.25, -0.2) is 0 Å². The lowest BCUT2D eigenvalue weighted by atomic mass is 9.78. The van der Waals surface area contributed by atoms with Gasteiger partial charge in [0.1, 0.15) is 0 Å². The SMILES string of the molecule is CCCC1CC(=Cc2ccc(N=[N+]=[N-])cc2)C(=O)C(=Cc2ccc(N=[N+]=[N-])cc2)C1. The summed E-state index contributed by atoms with van der Waals surface area (Å²) in [7, 11) is 0. The van der Waals surface area contributed by atoms with Gasteiger partial charge in [0.15, 0.2) is 5.78 Å². The summed E-state index contributed by atoms with van der Waals surface area (Å²) in [5.74, 6) is 0.496. The number of rotatable bonds is 6. The van der Waals surface area contributed by atoms with E-state index in [0.29, 0.717) is 17.3 Å². The second kappa shape index (κ2) is 10.1. The predicted molar refractivity (Wildman–Crippen MR) is 119 cm³/mol. The highest BCUT2D eigenvalue weighted by molar-refractivity contribution is 6.14. The molecule has 2 aromatic carbocycles. The minimum absolute atomic E-state index is 0.0700. The van der Waals surface area contributed by atoms with Gasteiger partial charge < -0.3 is 0 Å². The van der Waals surface area contributed by atoms with E-state index >= 15 is 0 Å². The van der Waals surface area contributed by atoms with Crippen molar-refractivity contribution in [3.05, 3.63) is 91.7 Å². The third-order valence-corrected chi connectivity index (χ3v) is 5.09. The number of hydrogen-bond acceptors (Lipinski definition) is 3. The summed E-state index contributed by atoms with van der Waals surface area (Å²) in [4.78, 5) is 18.7. The Morgan fingerprint density at radius 2 is 1.30 bits per heavy atom. The molecule has 7 nitrogen and oxygen atoms in total. The first-order valence-corrected chi connectivity index (χ1v) is 9.89. The van der Waals surface area contributed by atoms with E-state index < -0.39 is 0 Å². The van der Waals surface area contributed by atoms with Crippen molar-refractivity contribution in [3.8, 4) is 0 Å². The molecule has 0 amide bonds. The monoisotopic (exact) mass is 398 g/mol. The summed E-state index contributed by atoms with van der Waals surface area (Å²) < 4.78 is 0. The zero-order valence-electron chi connectivity index (χ0n) is 16.8. The quantitative estimate of drug-likeness (QED) is 0.210. The molecule has 0 aliphatic heterocycles. The van der Waals surface area contributed by atoms with Gasteiger partial charge in [-0.05, 0) is 53.1 Å². The molecule has 1 aliphatic carbocycles. The van der Waals surface area contributed by atoms with Gasteiger partial charge in [0.2, 0.25) is 0 Å². The van der Waals surface area contributed by atoms with Crippen molar-refractivity contribution in [2.45, 2.75) is 32.6 Å². The fourth-order valence-corrected chi connectivity index (χ4v) is 3.73. The van der Waals surface area contributed by atoms with Crippen molar-refractivity contribution in [1.82, 2.24) is 0 Å². The summed E-state index contributed by atoms with van der Waals surface area (Å²) >= 11 is 0. The van der Waals surface area contributed by atoms with Crippen molar-refractivity contribution < 1.29 is 4.79 Å². The van der Waals surface area contributed by atoms with Crippen molar-refractivity contribution in [3.63, 3.8) is 0 Å². The zero-order chi connectivity index (χ0) is 21.3. The Hall–Kier alpha value is -3.79. The summed E-state index contributed by atoms with van der Waals surface area (Å²) in [6, 6.07) is 14.4. The van der Waals surface area contributed by atoms with Crippen LogP contribution in [-0.4, -0.2) is 5.78 Å². The fourth-order valence-electron chi connectivity index (χ4n) is 3.73. The smallest absolute Gasteiger partial charge is 0.185 e. The number of benzene rings is 2. The number of allylic oxidation sites excluding steroid dienone is 2. The second-order valence-corrected chi connectivity index (χ2v) is 7.29. The van der Waals surface area contributed by atoms with Crippen LogP contribution >= 0.6 is 0 Å². The van der Waals surface area contributed by atoms with Gasteiger partial charge in [0.05, 0.1) is 0 Å². The maximum atomic E-state index is 13.2. The van der Waals surface area contributed by atoms with E-state index in [9.17, 15) is 4.79 Å². The largest absolute Gasteiger partial charge is 0.289 e. The molecule has 0 N–H and O–H groups in total. The minimum atomic E-state index is 0.0700. The molecule has 0 heterocycles. The Labute approximate surface area is 175 Å². The number of azide groups is 2. The molecular weight excluding hydrogens is 376 g/mol. The standard InChI is InChI=1S/C23H22N6O/c1-2-3-18-14-19(12-16-4-8-21(9-5-16)26-28-24)23(30)20(15-18)13-17-6-10-22(11-7-17)27-29-25/h4-13,18H,2-3,14-15H2,1H3. The third-order valence-electron chi connectivity index (χ3n) is 5.09. The van der Waals surface area contributed by atoms with E-state index in [1.165, 1.54) is 0 Å². The Kier molecular flexibility index (Phi) is 7.06. The Morgan fingerprint density at radius 1 is 0.867 bits per heavy atom. The van der Waals surface area contributed by atoms with Crippen LogP contribution < -0.4 is 0 Å². The second-order valence-electron chi connectivity index (χ2n) is 7.29. The fraction of sp³-hybridized carbons (Fsp3) is 0.261. The van der Waals surface area contributed by atoms with Gasteiger partial charge >= 0.3 is 0 Å². The highest BCUT2D eigenvalue weighted by atomic mass is 16.1. The van der Waals surface area contributed by atoms with Gasteiger partial charge in [-0.1, -0.05) is 78.5 Å². The number of carbonyl (C=O) groups excluding carboxylic acids is 1. The molecule has 0 atom stereocenters. The van der Waals surface area contributed by atoms with E-state index in [4.69, 9.17) is 11.1 Å². The first kappa shape index (κ1) is 20.9. The Bertz CT molecular complexity index is 986. The van der Waals surface area contributed by atoms with Gasteiger partial charge in [0, 0.05) is 32.3 Å². The lowest BCUT2D eigenvalue weighted by molar-refractivity contribution is -0.113. The van der Waals surface area contributed by atoms with Crippen molar-refractivity contribution >= 4 is 29.3 Å². The Morgan fingerprint density at radius 3 is 1.67 bits per heavy atom. The zero-order valence-corrected chi connectivity index (χ0v) is 16.8. The van der Waals surface area contributed by atoms with E-state index in [2.05, 4.69) is 27.0 Å². The molecule has 0 unspecified atom stereocenters. The maximum Gasteiger partial charge on any atom is 0.185 e. The molecule has 0 bridgehead atoms. The normalized spacial score (nSPS) is 18.7. The lowest BCUT2D eigenvalue weighted by Crippen LogP contribution is -2.20. The maximum absolute atomic E-state index is 13.2. The van der Waals surface area contributed by atoms with E-state index in [1.54, 1.807) is 24.3 Å². The van der Waals surface area contributed by atoms with Crippen LogP contribution in [0.4, 0.5) is 11.4 Å². The molecule has 0 aromatic heterocycles. The van der Waals surface area contributed by atoms with Crippen LogP contribution in [0.15, 0.2) is 69.9 Å². The summed E-state index contributed by atoms with van der Waals surface area (Å²) in [5, 5.41) is 7.16. The number of nitrogens with zero attached hydrogens (tertiary/aromatic N) is 6. The van der Waals surface area contributed by atoms with E-state index in [-0.39, 0.29) is 5.78 Å². The molecule has 150 valence electrons. The van der Waals surface area contributed by atoms with Crippen molar-refractivity contribution in [1.29, 1.82) is 0 Å². The van der Waals surface area contributed by atoms with E-state index in [1.807, 2.05) is 36.4 Å². The van der Waals surface area contributed by atoms with Gasteiger partial charge in [-0.3, -0.25) is 4.79 Å². The first-order valence-electron chi connectivity index (χ1n) is 9.89. The predicted octanol–water partition coefficient (Wildman–Crippen LogP) is 7.82. The molecule has 0 spiro atoms. The van der Waals surface area contributed by atoms with Crippen LogP contribution in [0.25, 0.3) is 33.0 Å². The molecule has 0 radical (unpaired) electrons. The van der Waals surface area contributed by atoms with Crippen LogP contribution in [0, 0.1) is 5.92 Å². The molecule has 30 heavy (non-hydrogen) atoms. The van der Waals surface area contributed by atoms with Crippen molar-refractivity contribution in [2.75, 3.05) is 0 Å². The van der Waals surface area contributed by atoms with Gasteiger partial charge in [-0.2, -0.15) is 0 Å². The molecule has 1 saturated carbocycles. The van der Waals surface area contributed by atoms with Crippen LogP contribution in [-0.2, 0) is 4.79 Å².